The molecule has 0 unspecified atom stereocenters. The van der Waals surface area contributed by atoms with Crippen LogP contribution in [0.4, 0.5) is 9.52 Å². The van der Waals surface area contributed by atoms with Crippen LogP contribution in [-0.4, -0.2) is 41.9 Å². The van der Waals surface area contributed by atoms with Crippen molar-refractivity contribution in [1.82, 2.24) is 14.8 Å². The van der Waals surface area contributed by atoms with Crippen LogP contribution in [0.2, 0.25) is 0 Å². The molecule has 0 bridgehead atoms. The van der Waals surface area contributed by atoms with Crippen molar-refractivity contribution in [2.45, 2.75) is 17.9 Å². The van der Waals surface area contributed by atoms with Gasteiger partial charge in [-0.15, -0.1) is 0 Å². The van der Waals surface area contributed by atoms with E-state index < -0.39 is 15.7 Å². The van der Waals surface area contributed by atoms with Crippen molar-refractivity contribution in [2.75, 3.05) is 17.7 Å². The maximum atomic E-state index is 14.1. The van der Waals surface area contributed by atoms with Crippen molar-refractivity contribution in [2.24, 2.45) is 0 Å². The van der Waals surface area contributed by atoms with Gasteiger partial charge in [-0.3, -0.25) is 14.4 Å². The van der Waals surface area contributed by atoms with Gasteiger partial charge in [0.25, 0.3) is 0 Å². The number of anilines is 1. The van der Waals surface area contributed by atoms with Gasteiger partial charge in [0.1, 0.15) is 11.3 Å². The first kappa shape index (κ1) is 21.1. The maximum Gasteiger partial charge on any atom is 0.233 e. The van der Waals surface area contributed by atoms with E-state index in [-0.39, 0.29) is 22.7 Å². The third-order valence-electron chi connectivity index (χ3n) is 4.71. The van der Waals surface area contributed by atoms with E-state index in [0.717, 1.165) is 6.26 Å². The lowest BCUT2D eigenvalue weighted by Gasteiger charge is -2.20. The number of nitrogens with zero attached hydrogens (tertiary/aromatic N) is 4. The Bertz CT molecular complexity index is 1320. The molecule has 160 valence electrons. The lowest BCUT2D eigenvalue weighted by atomic mass is 10.1. The summed E-state index contributed by atoms with van der Waals surface area (Å²) in [7, 11) is -3.31. The number of benzene rings is 2. The topological polar surface area (TPSA) is 85.2 Å². The van der Waals surface area contributed by atoms with E-state index in [2.05, 4.69) is 10.1 Å². The van der Waals surface area contributed by atoms with Gasteiger partial charge in [-0.05, 0) is 35.9 Å². The number of hydrogen-bond acceptors (Lipinski definition) is 6. The summed E-state index contributed by atoms with van der Waals surface area (Å²) in [6.45, 7) is 0.757. The van der Waals surface area contributed by atoms with Gasteiger partial charge in [0.15, 0.2) is 15.0 Å². The van der Waals surface area contributed by atoms with Crippen molar-refractivity contribution in [1.29, 1.82) is 0 Å². The Morgan fingerprint density at radius 3 is 2.58 bits per heavy atom. The second kappa shape index (κ2) is 8.56. The number of carbonyl (C=O) groups is 1. The predicted octanol–water partition coefficient (Wildman–Crippen LogP) is 3.31. The Morgan fingerprint density at radius 1 is 1.16 bits per heavy atom. The molecule has 7 nitrogen and oxygen atoms in total. The Hall–Kier alpha value is -3.11. The van der Waals surface area contributed by atoms with Crippen LogP contribution in [0.15, 0.2) is 65.8 Å². The van der Waals surface area contributed by atoms with Gasteiger partial charge in [0.05, 0.1) is 22.6 Å². The number of carbonyl (C=O) groups excluding carboxylic acids is 1. The van der Waals surface area contributed by atoms with E-state index in [0.29, 0.717) is 28.5 Å². The smallest absolute Gasteiger partial charge is 0.233 e. The first-order valence-electron chi connectivity index (χ1n) is 9.43. The molecule has 0 saturated carbocycles. The van der Waals surface area contributed by atoms with Crippen molar-refractivity contribution < 1.29 is 17.6 Å². The van der Waals surface area contributed by atoms with Gasteiger partial charge in [-0.2, -0.15) is 5.10 Å². The SMILES string of the molecule is CS(=O)(=O)c1ccc(CC(=O)N(CCn2cccn2)c2nc3c(F)cccc3s2)cc1. The van der Waals surface area contributed by atoms with Crippen LogP contribution >= 0.6 is 11.3 Å². The van der Waals surface area contributed by atoms with Gasteiger partial charge >= 0.3 is 0 Å². The molecular weight excluding hydrogens is 439 g/mol. The number of amides is 1. The van der Waals surface area contributed by atoms with E-state index in [9.17, 15) is 17.6 Å². The number of thiazole rings is 1. The first-order valence-corrected chi connectivity index (χ1v) is 12.1. The lowest BCUT2D eigenvalue weighted by molar-refractivity contribution is -0.118. The van der Waals surface area contributed by atoms with Crippen LogP contribution in [0.25, 0.3) is 10.2 Å². The molecule has 4 rings (SSSR count). The molecule has 0 aliphatic heterocycles. The second-order valence-electron chi connectivity index (χ2n) is 6.99. The first-order chi connectivity index (χ1) is 14.8. The van der Waals surface area contributed by atoms with Crippen LogP contribution in [0.5, 0.6) is 0 Å². The van der Waals surface area contributed by atoms with Gasteiger partial charge in [-0.1, -0.05) is 29.5 Å². The highest BCUT2D eigenvalue weighted by Gasteiger charge is 2.21. The minimum atomic E-state index is -3.31. The Labute approximate surface area is 182 Å². The minimum Gasteiger partial charge on any atom is -0.286 e. The normalized spacial score (nSPS) is 11.7. The summed E-state index contributed by atoms with van der Waals surface area (Å²) in [6.07, 6.45) is 4.64. The molecule has 0 saturated heterocycles. The highest BCUT2D eigenvalue weighted by molar-refractivity contribution is 7.90. The third-order valence-corrected chi connectivity index (χ3v) is 6.88. The predicted molar refractivity (Wildman–Crippen MR) is 117 cm³/mol. The molecule has 0 fully saturated rings. The van der Waals surface area contributed by atoms with Crippen LogP contribution < -0.4 is 4.90 Å². The molecule has 0 aliphatic carbocycles. The molecule has 0 spiro atoms. The zero-order valence-corrected chi connectivity index (χ0v) is 18.2. The van der Waals surface area contributed by atoms with E-state index in [1.165, 1.54) is 34.4 Å². The summed E-state index contributed by atoms with van der Waals surface area (Å²) in [5, 5.41) is 4.57. The summed E-state index contributed by atoms with van der Waals surface area (Å²) in [4.78, 5) is 19.2. The summed E-state index contributed by atoms with van der Waals surface area (Å²) in [6, 6.07) is 12.7. The number of para-hydroxylation sites is 1. The molecule has 1 amide bonds. The molecule has 0 N–H and O–H groups in total. The fraction of sp³-hybridized carbons (Fsp3) is 0.190. The van der Waals surface area contributed by atoms with Gasteiger partial charge in [0.2, 0.25) is 5.91 Å². The van der Waals surface area contributed by atoms with Gasteiger partial charge in [-0.25, -0.2) is 17.8 Å². The van der Waals surface area contributed by atoms with Crippen molar-refractivity contribution in [3.63, 3.8) is 0 Å². The number of rotatable bonds is 7. The van der Waals surface area contributed by atoms with Crippen LogP contribution in [0, 0.1) is 5.82 Å². The summed E-state index contributed by atoms with van der Waals surface area (Å²) >= 11 is 1.25. The van der Waals surface area contributed by atoms with Crippen molar-refractivity contribution >= 4 is 42.4 Å². The fourth-order valence-electron chi connectivity index (χ4n) is 3.11. The van der Waals surface area contributed by atoms with Crippen molar-refractivity contribution in [3.05, 3.63) is 72.3 Å². The standard InChI is InChI=1S/C21H19FN4O3S2/c1-31(28,29)16-8-6-15(7-9-16)14-19(27)26(13-12-25-11-3-10-23-25)21-24-20-17(22)4-2-5-18(20)30-21/h2-11H,12-14H2,1H3. The molecule has 2 aromatic carbocycles. The molecule has 2 aromatic heterocycles. The number of fused-ring (bicyclic) bond motifs is 1. The second-order valence-corrected chi connectivity index (χ2v) is 10.0. The highest BCUT2D eigenvalue weighted by atomic mass is 32.2. The molecule has 4 aromatic rings. The number of sulfone groups is 1. The highest BCUT2D eigenvalue weighted by Crippen LogP contribution is 2.30. The maximum absolute atomic E-state index is 14.1. The van der Waals surface area contributed by atoms with E-state index >= 15 is 0 Å². The molecular formula is C21H19FN4O3S2. The zero-order valence-electron chi connectivity index (χ0n) is 16.6. The third kappa shape index (κ3) is 4.80. The van der Waals surface area contributed by atoms with Crippen LogP contribution in [0.1, 0.15) is 5.56 Å². The number of halogens is 1. The minimum absolute atomic E-state index is 0.0571. The Kier molecular flexibility index (Phi) is 5.84. The molecule has 10 heteroatoms. The Balaban J connectivity index is 1.61. The lowest BCUT2D eigenvalue weighted by Crippen LogP contribution is -2.35. The molecule has 0 atom stereocenters. The summed E-state index contributed by atoms with van der Waals surface area (Å²) < 4.78 is 39.8. The van der Waals surface area contributed by atoms with Crippen LogP contribution in [-0.2, 0) is 27.6 Å². The van der Waals surface area contributed by atoms with E-state index in [4.69, 9.17) is 0 Å². The van der Waals surface area contributed by atoms with Crippen LogP contribution in [0.3, 0.4) is 0 Å². The average Bonchev–Trinajstić information content (AvgIpc) is 3.38. The largest absolute Gasteiger partial charge is 0.286 e. The molecule has 31 heavy (non-hydrogen) atoms. The van der Waals surface area contributed by atoms with Crippen molar-refractivity contribution in [3.8, 4) is 0 Å². The van der Waals surface area contributed by atoms with E-state index in [1.807, 2.05) is 0 Å². The summed E-state index contributed by atoms with van der Waals surface area (Å²) in [5.74, 6) is -0.658. The molecule has 2 heterocycles. The number of aromatic nitrogens is 3. The quantitative estimate of drug-likeness (QED) is 0.424. The monoisotopic (exact) mass is 458 g/mol. The average molecular weight is 459 g/mol. The molecule has 0 aliphatic rings. The number of hydrogen-bond donors (Lipinski definition) is 0. The van der Waals surface area contributed by atoms with Gasteiger partial charge in [0, 0.05) is 25.2 Å². The molecule has 0 radical (unpaired) electrons. The fourth-order valence-corrected chi connectivity index (χ4v) is 4.76. The summed E-state index contributed by atoms with van der Waals surface area (Å²) in [5.41, 5.74) is 0.908. The van der Waals surface area contributed by atoms with E-state index in [1.54, 1.807) is 47.4 Å². The Morgan fingerprint density at radius 2 is 1.94 bits per heavy atom. The van der Waals surface area contributed by atoms with Gasteiger partial charge < -0.3 is 0 Å². The zero-order chi connectivity index (χ0) is 22.0.